The number of nitrogens with zero attached hydrogens (tertiary/aromatic N) is 2. The SMILES string of the molecule is CCC1(CNc2nc(C(C)C)nc(NC)c2C)CCCC1. The molecular formula is C17H30N4. The van der Waals surface area contributed by atoms with Crippen LogP contribution >= 0.6 is 0 Å². The highest BCUT2D eigenvalue weighted by Crippen LogP contribution is 2.41. The van der Waals surface area contributed by atoms with Crippen molar-refractivity contribution < 1.29 is 0 Å². The predicted molar refractivity (Wildman–Crippen MR) is 90.1 cm³/mol. The summed E-state index contributed by atoms with van der Waals surface area (Å²) in [6, 6.07) is 0. The highest BCUT2D eigenvalue weighted by atomic mass is 15.1. The van der Waals surface area contributed by atoms with Gasteiger partial charge >= 0.3 is 0 Å². The summed E-state index contributed by atoms with van der Waals surface area (Å²) in [6.45, 7) is 9.71. The van der Waals surface area contributed by atoms with Crippen LogP contribution in [0.1, 0.15) is 70.2 Å². The molecule has 1 aromatic rings. The average molecular weight is 290 g/mol. The van der Waals surface area contributed by atoms with Crippen LogP contribution in [0.25, 0.3) is 0 Å². The molecule has 1 aliphatic carbocycles. The molecule has 0 aromatic carbocycles. The summed E-state index contributed by atoms with van der Waals surface area (Å²) in [5, 5.41) is 6.82. The molecule has 1 heterocycles. The molecular weight excluding hydrogens is 260 g/mol. The molecule has 118 valence electrons. The minimum absolute atomic E-state index is 0.338. The number of nitrogens with one attached hydrogen (secondary N) is 2. The van der Waals surface area contributed by atoms with Gasteiger partial charge in [0.25, 0.3) is 0 Å². The third-order valence-corrected chi connectivity index (χ3v) is 4.96. The van der Waals surface area contributed by atoms with Gasteiger partial charge in [-0.05, 0) is 31.6 Å². The maximum Gasteiger partial charge on any atom is 0.135 e. The van der Waals surface area contributed by atoms with E-state index in [1.807, 2.05) is 7.05 Å². The standard InChI is InChI=1S/C17H30N4/c1-6-17(9-7-8-10-17)11-19-16-13(4)15(18-5)20-14(21-16)12(2)3/h12H,6-11H2,1-5H3,(H2,18,19,20,21). The highest BCUT2D eigenvalue weighted by molar-refractivity contribution is 5.57. The molecule has 0 amide bonds. The first-order chi connectivity index (χ1) is 10.0. The average Bonchev–Trinajstić information content (AvgIpc) is 2.95. The lowest BCUT2D eigenvalue weighted by atomic mass is 9.83. The monoisotopic (exact) mass is 290 g/mol. The van der Waals surface area contributed by atoms with Gasteiger partial charge in [0.15, 0.2) is 0 Å². The van der Waals surface area contributed by atoms with E-state index in [0.717, 1.165) is 29.6 Å². The molecule has 0 atom stereocenters. The molecule has 1 aliphatic rings. The second kappa shape index (κ2) is 6.63. The Morgan fingerprint density at radius 1 is 1.14 bits per heavy atom. The zero-order valence-corrected chi connectivity index (χ0v) is 14.2. The Morgan fingerprint density at radius 2 is 1.76 bits per heavy atom. The van der Waals surface area contributed by atoms with Gasteiger partial charge in [0.1, 0.15) is 17.5 Å². The third kappa shape index (κ3) is 3.47. The molecule has 0 spiro atoms. The van der Waals surface area contributed by atoms with E-state index in [9.17, 15) is 0 Å². The van der Waals surface area contributed by atoms with Gasteiger partial charge in [-0.1, -0.05) is 33.6 Å². The Labute approximate surface area is 129 Å². The van der Waals surface area contributed by atoms with E-state index in [0.29, 0.717) is 11.3 Å². The van der Waals surface area contributed by atoms with Crippen molar-refractivity contribution >= 4 is 11.6 Å². The van der Waals surface area contributed by atoms with Gasteiger partial charge in [-0.15, -0.1) is 0 Å². The molecule has 0 radical (unpaired) electrons. The zero-order chi connectivity index (χ0) is 15.5. The van der Waals surface area contributed by atoms with Crippen LogP contribution in [0.4, 0.5) is 11.6 Å². The first kappa shape index (κ1) is 16.1. The van der Waals surface area contributed by atoms with Crippen molar-refractivity contribution in [3.8, 4) is 0 Å². The Morgan fingerprint density at radius 3 is 2.29 bits per heavy atom. The lowest BCUT2D eigenvalue weighted by molar-refractivity contribution is 0.306. The summed E-state index contributed by atoms with van der Waals surface area (Å²) in [5.41, 5.74) is 1.58. The van der Waals surface area contributed by atoms with Crippen LogP contribution in [-0.4, -0.2) is 23.6 Å². The quantitative estimate of drug-likeness (QED) is 0.818. The summed E-state index contributed by atoms with van der Waals surface area (Å²) >= 11 is 0. The molecule has 21 heavy (non-hydrogen) atoms. The van der Waals surface area contributed by atoms with Crippen LogP contribution in [0.15, 0.2) is 0 Å². The van der Waals surface area contributed by atoms with Crippen LogP contribution in [0.2, 0.25) is 0 Å². The summed E-state index contributed by atoms with van der Waals surface area (Å²) in [6.07, 6.45) is 6.68. The summed E-state index contributed by atoms with van der Waals surface area (Å²) in [5.74, 6) is 3.18. The van der Waals surface area contributed by atoms with Crippen LogP contribution in [0.5, 0.6) is 0 Å². The van der Waals surface area contributed by atoms with Gasteiger partial charge < -0.3 is 10.6 Å². The summed E-state index contributed by atoms with van der Waals surface area (Å²) in [4.78, 5) is 9.35. The Bertz CT molecular complexity index is 476. The predicted octanol–water partition coefficient (Wildman–Crippen LogP) is 4.33. The Hall–Kier alpha value is -1.32. The molecule has 1 saturated carbocycles. The fraction of sp³-hybridized carbons (Fsp3) is 0.765. The highest BCUT2D eigenvalue weighted by Gasteiger charge is 2.32. The number of hydrogen-bond donors (Lipinski definition) is 2. The molecule has 4 heteroatoms. The maximum absolute atomic E-state index is 4.74. The van der Waals surface area contributed by atoms with Crippen molar-refractivity contribution in [2.45, 2.75) is 65.7 Å². The Kier molecular flexibility index (Phi) is 5.07. The maximum atomic E-state index is 4.74. The zero-order valence-electron chi connectivity index (χ0n) is 14.2. The molecule has 0 aliphatic heterocycles. The van der Waals surface area contributed by atoms with E-state index < -0.39 is 0 Å². The molecule has 0 unspecified atom stereocenters. The second-order valence-corrected chi connectivity index (χ2v) is 6.72. The van der Waals surface area contributed by atoms with Crippen LogP contribution in [0, 0.1) is 12.3 Å². The van der Waals surface area contributed by atoms with Gasteiger partial charge in [0.05, 0.1) is 0 Å². The lowest BCUT2D eigenvalue weighted by Gasteiger charge is -2.28. The summed E-state index contributed by atoms with van der Waals surface area (Å²) < 4.78 is 0. The van der Waals surface area contributed by atoms with Gasteiger partial charge in [-0.25, -0.2) is 9.97 Å². The molecule has 0 bridgehead atoms. The fourth-order valence-corrected chi connectivity index (χ4v) is 3.26. The van der Waals surface area contributed by atoms with Gasteiger partial charge in [-0.2, -0.15) is 0 Å². The number of aromatic nitrogens is 2. The number of anilines is 2. The van der Waals surface area contributed by atoms with Gasteiger partial charge in [0, 0.05) is 25.1 Å². The summed E-state index contributed by atoms with van der Waals surface area (Å²) in [7, 11) is 1.92. The van der Waals surface area contributed by atoms with Crippen LogP contribution in [0.3, 0.4) is 0 Å². The van der Waals surface area contributed by atoms with Crippen molar-refractivity contribution in [1.29, 1.82) is 0 Å². The first-order valence-electron chi connectivity index (χ1n) is 8.31. The molecule has 0 saturated heterocycles. The molecule has 1 aromatic heterocycles. The van der Waals surface area contributed by atoms with Crippen molar-refractivity contribution in [1.82, 2.24) is 9.97 Å². The van der Waals surface area contributed by atoms with E-state index in [1.54, 1.807) is 0 Å². The van der Waals surface area contributed by atoms with E-state index >= 15 is 0 Å². The van der Waals surface area contributed by atoms with E-state index in [1.165, 1.54) is 32.1 Å². The van der Waals surface area contributed by atoms with E-state index in [4.69, 9.17) is 4.98 Å². The Balaban J connectivity index is 2.20. The normalized spacial score (nSPS) is 17.2. The van der Waals surface area contributed by atoms with Crippen molar-refractivity contribution in [2.24, 2.45) is 5.41 Å². The third-order valence-electron chi connectivity index (χ3n) is 4.96. The largest absolute Gasteiger partial charge is 0.373 e. The molecule has 2 N–H and O–H groups in total. The first-order valence-corrected chi connectivity index (χ1v) is 8.31. The number of hydrogen-bond acceptors (Lipinski definition) is 4. The van der Waals surface area contributed by atoms with Gasteiger partial charge in [0.2, 0.25) is 0 Å². The van der Waals surface area contributed by atoms with Crippen molar-refractivity contribution in [3.05, 3.63) is 11.4 Å². The van der Waals surface area contributed by atoms with Crippen LogP contribution < -0.4 is 10.6 Å². The van der Waals surface area contributed by atoms with Crippen molar-refractivity contribution in [2.75, 3.05) is 24.2 Å². The van der Waals surface area contributed by atoms with E-state index in [2.05, 4.69) is 43.3 Å². The molecule has 2 rings (SSSR count). The minimum atomic E-state index is 0.338. The van der Waals surface area contributed by atoms with Crippen LogP contribution in [-0.2, 0) is 0 Å². The van der Waals surface area contributed by atoms with E-state index in [-0.39, 0.29) is 0 Å². The lowest BCUT2D eigenvalue weighted by Crippen LogP contribution is -2.27. The smallest absolute Gasteiger partial charge is 0.135 e. The van der Waals surface area contributed by atoms with Crippen molar-refractivity contribution in [3.63, 3.8) is 0 Å². The second-order valence-electron chi connectivity index (χ2n) is 6.72. The fourth-order valence-electron chi connectivity index (χ4n) is 3.26. The topological polar surface area (TPSA) is 49.8 Å². The molecule has 1 fully saturated rings. The number of rotatable bonds is 6. The molecule has 4 nitrogen and oxygen atoms in total. The minimum Gasteiger partial charge on any atom is -0.373 e. The van der Waals surface area contributed by atoms with Gasteiger partial charge in [-0.3, -0.25) is 0 Å².